The molecule has 2 aromatic heterocycles. The van der Waals surface area contributed by atoms with Crippen molar-refractivity contribution in [3.63, 3.8) is 0 Å². The lowest BCUT2D eigenvalue weighted by atomic mass is 10.2. The summed E-state index contributed by atoms with van der Waals surface area (Å²) in [4.78, 5) is 20.1. The van der Waals surface area contributed by atoms with E-state index in [1.807, 2.05) is 17.6 Å². The van der Waals surface area contributed by atoms with Gasteiger partial charge >= 0.3 is 0 Å². The van der Waals surface area contributed by atoms with E-state index in [9.17, 15) is 13.2 Å². The highest BCUT2D eigenvalue weighted by molar-refractivity contribution is 7.99. The van der Waals surface area contributed by atoms with Gasteiger partial charge in [-0.3, -0.25) is 4.79 Å². The van der Waals surface area contributed by atoms with E-state index in [0.717, 1.165) is 29.9 Å². The SMILES string of the molecule is CCn1c(SCC(=O)c2ccc[nH]2)nc2cc(S(=O)(=O)N3CCCCC3)ccc21. The maximum atomic E-state index is 13.0. The number of Topliss-reactive ketones (excluding diaryl/α,β-unsaturated/α-hetero) is 1. The summed E-state index contributed by atoms with van der Waals surface area (Å²) in [5.41, 5.74) is 2.09. The van der Waals surface area contributed by atoms with Crippen LogP contribution >= 0.6 is 11.8 Å². The maximum Gasteiger partial charge on any atom is 0.243 e. The summed E-state index contributed by atoms with van der Waals surface area (Å²) in [6, 6.07) is 8.69. The summed E-state index contributed by atoms with van der Waals surface area (Å²) in [6.45, 7) is 3.85. The van der Waals surface area contributed by atoms with Gasteiger partial charge in [0.05, 0.1) is 27.4 Å². The van der Waals surface area contributed by atoms with E-state index in [2.05, 4.69) is 9.97 Å². The molecule has 0 amide bonds. The van der Waals surface area contributed by atoms with Crippen molar-refractivity contribution in [3.8, 4) is 0 Å². The number of hydrogen-bond donors (Lipinski definition) is 1. The molecule has 154 valence electrons. The van der Waals surface area contributed by atoms with E-state index in [4.69, 9.17) is 0 Å². The van der Waals surface area contributed by atoms with E-state index in [-0.39, 0.29) is 16.4 Å². The molecule has 7 nitrogen and oxygen atoms in total. The molecule has 9 heteroatoms. The van der Waals surface area contributed by atoms with Crippen molar-refractivity contribution in [1.29, 1.82) is 0 Å². The molecule has 1 fully saturated rings. The number of aromatic nitrogens is 3. The van der Waals surface area contributed by atoms with Crippen molar-refractivity contribution in [2.75, 3.05) is 18.8 Å². The summed E-state index contributed by atoms with van der Waals surface area (Å²) in [6.07, 6.45) is 4.61. The number of aromatic amines is 1. The van der Waals surface area contributed by atoms with Gasteiger partial charge in [-0.05, 0) is 50.1 Å². The third-order valence-corrected chi connectivity index (χ3v) is 8.06. The third kappa shape index (κ3) is 3.99. The van der Waals surface area contributed by atoms with E-state index in [1.165, 1.54) is 11.8 Å². The van der Waals surface area contributed by atoms with Gasteiger partial charge in [0.2, 0.25) is 10.0 Å². The van der Waals surface area contributed by atoms with Crippen molar-refractivity contribution in [2.24, 2.45) is 0 Å². The largest absolute Gasteiger partial charge is 0.359 e. The minimum atomic E-state index is -3.50. The number of thioether (sulfide) groups is 1. The highest BCUT2D eigenvalue weighted by Crippen LogP contribution is 2.28. The van der Waals surface area contributed by atoms with Crippen LogP contribution in [0.5, 0.6) is 0 Å². The van der Waals surface area contributed by atoms with Crippen molar-refractivity contribution in [2.45, 2.75) is 42.8 Å². The fourth-order valence-electron chi connectivity index (χ4n) is 3.63. The molecule has 0 spiro atoms. The fraction of sp³-hybridized carbons (Fsp3) is 0.400. The van der Waals surface area contributed by atoms with Crippen LogP contribution in [0, 0.1) is 0 Å². The first-order valence-electron chi connectivity index (χ1n) is 9.80. The average molecular weight is 433 g/mol. The molecule has 1 aromatic carbocycles. The number of piperidine rings is 1. The fourth-order valence-corrected chi connectivity index (χ4v) is 6.13. The van der Waals surface area contributed by atoms with Crippen molar-refractivity contribution >= 4 is 38.6 Å². The second-order valence-corrected chi connectivity index (χ2v) is 9.93. The zero-order chi connectivity index (χ0) is 20.4. The summed E-state index contributed by atoms with van der Waals surface area (Å²) < 4.78 is 29.5. The molecule has 1 aliphatic heterocycles. The maximum absolute atomic E-state index is 13.0. The van der Waals surface area contributed by atoms with Gasteiger partial charge in [0.15, 0.2) is 10.9 Å². The number of nitrogens with zero attached hydrogens (tertiary/aromatic N) is 3. The first kappa shape index (κ1) is 20.2. The Hall–Kier alpha value is -2.10. The Morgan fingerprint density at radius 2 is 2.00 bits per heavy atom. The lowest BCUT2D eigenvalue weighted by Crippen LogP contribution is -2.35. The predicted molar refractivity (Wildman–Crippen MR) is 114 cm³/mol. The number of carbonyl (C=O) groups excluding carboxylic acids is 1. The van der Waals surface area contributed by atoms with Crippen molar-refractivity contribution in [3.05, 3.63) is 42.2 Å². The summed E-state index contributed by atoms with van der Waals surface area (Å²) >= 11 is 1.37. The second-order valence-electron chi connectivity index (χ2n) is 7.05. The highest BCUT2D eigenvalue weighted by Gasteiger charge is 2.26. The first-order valence-corrected chi connectivity index (χ1v) is 12.2. The zero-order valence-corrected chi connectivity index (χ0v) is 17.9. The van der Waals surface area contributed by atoms with Gasteiger partial charge in [0, 0.05) is 25.8 Å². The number of imidazole rings is 1. The van der Waals surface area contributed by atoms with Crippen LogP contribution in [-0.4, -0.2) is 51.9 Å². The number of carbonyl (C=O) groups is 1. The molecule has 0 bridgehead atoms. The van der Waals surface area contributed by atoms with Crippen LogP contribution in [0.1, 0.15) is 36.7 Å². The minimum Gasteiger partial charge on any atom is -0.359 e. The minimum absolute atomic E-state index is 0.00285. The van der Waals surface area contributed by atoms with Crippen LogP contribution in [0.15, 0.2) is 46.6 Å². The number of benzene rings is 1. The lowest BCUT2D eigenvalue weighted by Gasteiger charge is -2.25. The molecule has 0 atom stereocenters. The Kier molecular flexibility index (Phi) is 5.80. The van der Waals surface area contributed by atoms with Crippen molar-refractivity contribution < 1.29 is 13.2 Å². The van der Waals surface area contributed by atoms with Crippen LogP contribution in [0.4, 0.5) is 0 Å². The molecule has 0 radical (unpaired) electrons. The van der Waals surface area contributed by atoms with Crippen LogP contribution in [0.2, 0.25) is 0 Å². The van der Waals surface area contributed by atoms with E-state index in [1.54, 1.807) is 34.8 Å². The summed E-state index contributed by atoms with van der Waals surface area (Å²) in [5, 5.41) is 0.718. The van der Waals surface area contributed by atoms with Crippen LogP contribution in [0.25, 0.3) is 11.0 Å². The number of aryl methyl sites for hydroxylation is 1. The van der Waals surface area contributed by atoms with E-state index in [0.29, 0.717) is 30.8 Å². The Morgan fingerprint density at radius 3 is 2.69 bits per heavy atom. The number of H-pyrrole nitrogens is 1. The van der Waals surface area contributed by atoms with Crippen LogP contribution < -0.4 is 0 Å². The van der Waals surface area contributed by atoms with Gasteiger partial charge in [-0.25, -0.2) is 13.4 Å². The molecule has 0 aliphatic carbocycles. The van der Waals surface area contributed by atoms with Gasteiger partial charge in [-0.1, -0.05) is 18.2 Å². The van der Waals surface area contributed by atoms with Gasteiger partial charge < -0.3 is 9.55 Å². The number of sulfonamides is 1. The second kappa shape index (κ2) is 8.33. The van der Waals surface area contributed by atoms with Gasteiger partial charge in [-0.2, -0.15) is 4.31 Å². The zero-order valence-electron chi connectivity index (χ0n) is 16.3. The van der Waals surface area contributed by atoms with Gasteiger partial charge in [0.1, 0.15) is 0 Å². The smallest absolute Gasteiger partial charge is 0.243 e. The molecule has 3 heterocycles. The van der Waals surface area contributed by atoms with Crippen LogP contribution in [0.3, 0.4) is 0 Å². The predicted octanol–water partition coefficient (Wildman–Crippen LogP) is 3.53. The molecule has 1 saturated heterocycles. The number of hydrogen-bond acceptors (Lipinski definition) is 5. The quantitative estimate of drug-likeness (QED) is 0.456. The topological polar surface area (TPSA) is 88.1 Å². The standard InChI is InChI=1S/C20H24N4O3S2/c1-2-24-18-9-8-15(29(26,27)23-11-4-3-5-12-23)13-17(18)22-20(24)28-14-19(25)16-7-6-10-21-16/h6-10,13,21H,2-5,11-12,14H2,1H3. The molecule has 29 heavy (non-hydrogen) atoms. The van der Waals surface area contributed by atoms with Gasteiger partial charge in [-0.15, -0.1) is 0 Å². The molecule has 3 aromatic rings. The average Bonchev–Trinajstić information content (AvgIpc) is 3.39. The molecule has 1 N–H and O–H groups in total. The third-order valence-electron chi connectivity index (χ3n) is 5.18. The molecular weight excluding hydrogens is 408 g/mol. The number of rotatable bonds is 7. The molecule has 1 aliphatic rings. The molecule has 4 rings (SSSR count). The number of nitrogens with one attached hydrogen (secondary N) is 1. The Labute approximate surface area is 174 Å². The van der Waals surface area contributed by atoms with Crippen LogP contribution in [-0.2, 0) is 16.6 Å². The molecule has 0 saturated carbocycles. The summed E-state index contributed by atoms with van der Waals surface area (Å²) in [7, 11) is -3.50. The number of fused-ring (bicyclic) bond motifs is 1. The Bertz CT molecular complexity index is 1110. The molecular formula is C20H24N4O3S2. The Morgan fingerprint density at radius 1 is 1.21 bits per heavy atom. The normalized spacial score (nSPS) is 15.8. The monoisotopic (exact) mass is 432 g/mol. The summed E-state index contributed by atoms with van der Waals surface area (Å²) in [5.74, 6) is 0.269. The van der Waals surface area contributed by atoms with E-state index < -0.39 is 10.0 Å². The molecule has 0 unspecified atom stereocenters. The first-order chi connectivity index (χ1) is 14.0. The van der Waals surface area contributed by atoms with Crippen molar-refractivity contribution in [1.82, 2.24) is 18.8 Å². The highest BCUT2D eigenvalue weighted by atomic mass is 32.2. The Balaban J connectivity index is 1.61. The lowest BCUT2D eigenvalue weighted by molar-refractivity contribution is 0.101. The van der Waals surface area contributed by atoms with E-state index >= 15 is 0 Å². The number of ketones is 1. The van der Waals surface area contributed by atoms with Gasteiger partial charge in [0.25, 0.3) is 0 Å².